The number of fused-ring (bicyclic) bond motifs is 10. The van der Waals surface area contributed by atoms with Crippen molar-refractivity contribution < 1.29 is 63.0 Å². The van der Waals surface area contributed by atoms with Crippen LogP contribution in [0.5, 0.6) is 0 Å². The highest BCUT2D eigenvalue weighted by Crippen LogP contribution is 2.77. The topological polar surface area (TPSA) is 192 Å². The lowest BCUT2D eigenvalue weighted by atomic mass is 9.36. The number of carbonyl (C=O) groups is 5. The van der Waals surface area contributed by atoms with E-state index in [-0.39, 0.29) is 76.1 Å². The molecule has 3 N–H and O–H groups in total. The van der Waals surface area contributed by atoms with Crippen LogP contribution in [0.2, 0.25) is 0 Å². The molecule has 8 saturated carbocycles. The highest BCUT2D eigenvalue weighted by molar-refractivity contribution is 9.12. The summed E-state index contributed by atoms with van der Waals surface area (Å²) in [6, 6.07) is 0. The summed E-state index contributed by atoms with van der Waals surface area (Å²) in [5, 5.41) is 36.7. The summed E-state index contributed by atoms with van der Waals surface area (Å²) < 4.78 is 32.1. The van der Waals surface area contributed by atoms with Crippen LogP contribution >= 0.6 is 31.9 Å². The van der Waals surface area contributed by atoms with Gasteiger partial charge in [0.15, 0.2) is 0 Å². The minimum Gasteiger partial charge on any atom is -0.459 e. The van der Waals surface area contributed by atoms with E-state index in [0.717, 1.165) is 57.8 Å². The molecule has 8 aliphatic carbocycles. The second-order valence-corrected chi connectivity index (χ2v) is 30.3. The van der Waals surface area contributed by atoms with Crippen molar-refractivity contribution in [1.82, 2.24) is 0 Å². The van der Waals surface area contributed by atoms with Crippen molar-refractivity contribution in [2.75, 3.05) is 6.79 Å². The van der Waals surface area contributed by atoms with Gasteiger partial charge in [-0.3, -0.25) is 14.4 Å². The number of aliphatic hydroxyl groups is 3. The molecule has 0 aliphatic heterocycles. The first-order chi connectivity index (χ1) is 37.2. The first kappa shape index (κ1) is 63.2. The van der Waals surface area contributed by atoms with Crippen molar-refractivity contribution in [1.29, 1.82) is 0 Å². The van der Waals surface area contributed by atoms with Crippen molar-refractivity contribution in [3.8, 4) is 0 Å². The van der Waals surface area contributed by atoms with Gasteiger partial charge in [-0.25, -0.2) is 9.59 Å². The molecule has 0 aromatic carbocycles. The van der Waals surface area contributed by atoms with Crippen LogP contribution < -0.4 is 0 Å². The molecule has 80 heavy (non-hydrogen) atoms. The number of allylic oxidation sites excluding steroid dienone is 4. The number of carbonyl (C=O) groups excluding carboxylic acids is 5. The van der Waals surface area contributed by atoms with Gasteiger partial charge in [0.2, 0.25) is 6.79 Å². The van der Waals surface area contributed by atoms with E-state index in [0.29, 0.717) is 80.9 Å². The lowest BCUT2D eigenvalue weighted by molar-refractivity contribution is -0.236. The minimum absolute atomic E-state index is 0.0349. The van der Waals surface area contributed by atoms with Gasteiger partial charge < -0.3 is 39.0 Å². The Hall–Kier alpha value is -2.85. The highest BCUT2D eigenvalue weighted by Gasteiger charge is 2.73. The molecule has 0 amide bonds. The average molecular weight is 1250 g/mol. The average Bonchev–Trinajstić information content (AvgIpc) is 3.79. The molecule has 0 saturated heterocycles. The maximum Gasteiger partial charge on any atom is 0.336 e. The number of rotatable bonds is 13. The number of aliphatic hydroxyl groups excluding tert-OH is 3. The fraction of sp³-hybridized carbons (Fsp3) is 0.800. The monoisotopic (exact) mass is 1240 g/mol. The first-order valence-corrected chi connectivity index (χ1v) is 31.8. The minimum atomic E-state index is -0.774. The standard InChI is InChI=1S/C65H96Br2O13/c1-33(2)46(66)18-16-40(58(74)77-32-76-37(7)68)54-44-28-50(73)57-61(11)25-23-51(36(6)43(61)21-27-63(57,13)64(44,14)30-52(54)78-38(8)69)80-59(75)41(17-19-47(67)34(3)4)55-45-29-49(72)56-60(10)24-22-48(71)35(5)42(60)20-26-62(56,12)65(45,15)31-53(55)79-39(9)70/h35-36,42-45,48-53,56-57,71-73H,16-32H2,1-15H3/t35-,36-,42?,43?,44+,45+,48+,49+,50+,51+,52-,53-,56?,57+,60-,61-,62-,63-,64-,65-/m0/s1. The quantitative estimate of drug-likeness (QED) is 0.0683. The van der Waals surface area contributed by atoms with Crippen LogP contribution in [-0.2, 0) is 47.7 Å². The molecule has 0 aromatic heterocycles. The molecule has 0 radical (unpaired) electrons. The van der Waals surface area contributed by atoms with Gasteiger partial charge >= 0.3 is 29.8 Å². The summed E-state index contributed by atoms with van der Waals surface area (Å²) in [4.78, 5) is 67.8. The Bertz CT molecular complexity index is 2590. The first-order valence-electron chi connectivity index (χ1n) is 30.2. The van der Waals surface area contributed by atoms with Crippen LogP contribution in [0.25, 0.3) is 0 Å². The number of esters is 5. The summed E-state index contributed by atoms with van der Waals surface area (Å²) in [7, 11) is 0. The van der Waals surface area contributed by atoms with Gasteiger partial charge in [-0.1, -0.05) is 98.4 Å². The Morgan fingerprint density at radius 3 is 1.35 bits per heavy atom. The molecule has 13 nitrogen and oxygen atoms in total. The van der Waals surface area contributed by atoms with Crippen molar-refractivity contribution in [2.45, 2.75) is 243 Å². The molecular formula is C65H96Br2O13. The summed E-state index contributed by atoms with van der Waals surface area (Å²) >= 11 is 7.52. The van der Waals surface area contributed by atoms with Crippen molar-refractivity contribution in [3.05, 3.63) is 42.4 Å². The Labute approximate surface area is 494 Å². The third kappa shape index (κ3) is 10.6. The summed E-state index contributed by atoms with van der Waals surface area (Å²) in [6.45, 7) is 29.9. The molecule has 8 rings (SSSR count). The number of hydrogen-bond donors (Lipinski definition) is 3. The van der Waals surface area contributed by atoms with Crippen LogP contribution in [0.1, 0.15) is 207 Å². The summed E-state index contributed by atoms with van der Waals surface area (Å²) in [6.07, 6.45) is 6.06. The highest BCUT2D eigenvalue weighted by atomic mass is 79.9. The lowest BCUT2D eigenvalue weighted by Gasteiger charge is -2.69. The van der Waals surface area contributed by atoms with E-state index in [9.17, 15) is 34.5 Å². The molecule has 0 heterocycles. The molecular weight excluding hydrogens is 1150 g/mol. The van der Waals surface area contributed by atoms with Gasteiger partial charge in [0.1, 0.15) is 18.3 Å². The van der Waals surface area contributed by atoms with Crippen LogP contribution in [0.3, 0.4) is 0 Å². The van der Waals surface area contributed by atoms with Crippen molar-refractivity contribution in [2.24, 2.45) is 79.8 Å². The van der Waals surface area contributed by atoms with Gasteiger partial charge in [0.05, 0.1) is 18.3 Å². The zero-order chi connectivity index (χ0) is 59.1. The second-order valence-electron chi connectivity index (χ2n) is 28.4. The third-order valence-electron chi connectivity index (χ3n) is 24.2. The van der Waals surface area contributed by atoms with E-state index in [1.54, 1.807) is 0 Å². The Morgan fingerprint density at radius 1 is 0.500 bits per heavy atom. The van der Waals surface area contributed by atoms with E-state index in [2.05, 4.69) is 87.2 Å². The predicted octanol–water partition coefficient (Wildman–Crippen LogP) is 13.2. The summed E-state index contributed by atoms with van der Waals surface area (Å²) in [5.41, 5.74) is 2.24. The van der Waals surface area contributed by atoms with E-state index < -0.39 is 83.4 Å². The molecule has 0 aromatic rings. The zero-order valence-corrected chi connectivity index (χ0v) is 54.0. The Kier molecular flexibility index (Phi) is 18.3. The van der Waals surface area contributed by atoms with Crippen LogP contribution in [0, 0.1) is 79.8 Å². The van der Waals surface area contributed by atoms with E-state index in [1.165, 1.54) is 20.8 Å². The zero-order valence-electron chi connectivity index (χ0n) is 50.8. The predicted molar refractivity (Wildman–Crippen MR) is 312 cm³/mol. The van der Waals surface area contributed by atoms with Gasteiger partial charge in [-0.2, -0.15) is 0 Å². The van der Waals surface area contributed by atoms with Crippen LogP contribution in [-0.4, -0.2) is 88.6 Å². The number of hydrogen-bond acceptors (Lipinski definition) is 13. The fourth-order valence-corrected chi connectivity index (χ4v) is 20.5. The smallest absolute Gasteiger partial charge is 0.336 e. The molecule has 8 fully saturated rings. The lowest BCUT2D eigenvalue weighted by Crippen LogP contribution is -2.65. The molecule has 8 aliphatic rings. The van der Waals surface area contributed by atoms with Crippen molar-refractivity contribution in [3.63, 3.8) is 0 Å². The molecule has 0 bridgehead atoms. The second kappa shape index (κ2) is 23.2. The number of ether oxygens (including phenoxy) is 5. The van der Waals surface area contributed by atoms with Gasteiger partial charge in [-0.15, -0.1) is 0 Å². The van der Waals surface area contributed by atoms with Crippen LogP contribution in [0.15, 0.2) is 42.4 Å². The molecule has 0 spiro atoms. The Balaban J connectivity index is 1.12. The third-order valence-corrected chi connectivity index (χ3v) is 26.6. The number of halogens is 2. The van der Waals surface area contributed by atoms with Crippen molar-refractivity contribution >= 4 is 61.7 Å². The molecule has 20 atom stereocenters. The van der Waals surface area contributed by atoms with Gasteiger partial charge in [0.25, 0.3) is 0 Å². The molecule has 3 unspecified atom stereocenters. The summed E-state index contributed by atoms with van der Waals surface area (Å²) in [5.74, 6) is -2.84. The molecule has 15 heteroatoms. The maximum atomic E-state index is 15.6. The van der Waals surface area contributed by atoms with Gasteiger partial charge in [-0.05, 0) is 230 Å². The fourth-order valence-electron chi connectivity index (χ4n) is 20.1. The Morgan fingerprint density at radius 2 is 0.925 bits per heavy atom. The maximum absolute atomic E-state index is 15.6. The van der Waals surface area contributed by atoms with E-state index in [4.69, 9.17) is 23.7 Å². The van der Waals surface area contributed by atoms with E-state index >= 15 is 4.79 Å². The molecule has 448 valence electrons. The normalized spacial score (nSPS) is 43.8. The largest absolute Gasteiger partial charge is 0.459 e. The SMILES string of the molecule is CC(=O)OCOC(=O)C(CCC(Br)=C(C)C)=C1[C@@H](OC(C)=O)C[C@@]2(C)[C@@H]1C[C@@H](O)[C@@H]1[C@@]3(C)CC[C@@H](OC(=O)C(CCC(Br)=C(C)C)=C4[C@@H](OC(C)=O)C[C@@]5(C)[C@@H]4C[C@@H](O)C4[C@@]6(C)CC[C@@H](O)[C@@H](C)C6CC[C@@]45C)[C@@H](C)C3CC[C@@]12C. The van der Waals surface area contributed by atoms with Crippen LogP contribution in [0.4, 0.5) is 0 Å². The van der Waals surface area contributed by atoms with E-state index in [1.807, 2.05) is 27.7 Å². The van der Waals surface area contributed by atoms with Gasteiger partial charge in [0, 0.05) is 31.9 Å².